The zero-order chi connectivity index (χ0) is 10.3. The molecule has 2 fully saturated rings. The number of nitrogens with zero attached hydrogens (tertiary/aromatic N) is 1. The molecule has 1 unspecified atom stereocenters. The minimum absolute atomic E-state index is 0.440. The zero-order valence-electron chi connectivity index (χ0n) is 9.24. The third-order valence-electron chi connectivity index (χ3n) is 3.72. The van der Waals surface area contributed by atoms with E-state index in [2.05, 4.69) is 22.4 Å². The lowest BCUT2D eigenvalue weighted by Gasteiger charge is -2.22. The van der Waals surface area contributed by atoms with Crippen molar-refractivity contribution in [2.75, 3.05) is 0 Å². The predicted molar refractivity (Wildman–Crippen MR) is 59.4 cm³/mol. The van der Waals surface area contributed by atoms with Gasteiger partial charge in [0.25, 0.3) is 0 Å². The molecule has 1 aromatic rings. The lowest BCUT2D eigenvalue weighted by molar-refractivity contribution is 0.377. The van der Waals surface area contributed by atoms with Gasteiger partial charge in [-0.25, -0.2) is 0 Å². The Hall–Kier alpha value is -0.830. The van der Waals surface area contributed by atoms with Crippen LogP contribution in [0.25, 0.3) is 0 Å². The average molecular weight is 205 g/mol. The largest absolute Gasteiger partial charge is 0.307 e. The van der Waals surface area contributed by atoms with Crippen LogP contribution in [0.4, 0.5) is 0 Å². The molecule has 0 radical (unpaired) electrons. The van der Waals surface area contributed by atoms with Gasteiger partial charge >= 0.3 is 0 Å². The molecule has 2 aliphatic carbocycles. The quantitative estimate of drug-likeness (QED) is 0.774. The van der Waals surface area contributed by atoms with Gasteiger partial charge in [0.1, 0.15) is 0 Å². The highest BCUT2D eigenvalue weighted by Gasteiger charge is 2.41. The van der Waals surface area contributed by atoms with Crippen molar-refractivity contribution in [1.82, 2.24) is 15.5 Å². The first-order chi connectivity index (χ1) is 7.34. The van der Waals surface area contributed by atoms with Gasteiger partial charge in [-0.15, -0.1) is 0 Å². The number of hydrogen-bond donors (Lipinski definition) is 2. The lowest BCUT2D eigenvalue weighted by Crippen LogP contribution is -2.35. The van der Waals surface area contributed by atoms with E-state index in [9.17, 15) is 0 Å². The van der Waals surface area contributed by atoms with Crippen molar-refractivity contribution >= 4 is 0 Å². The highest BCUT2D eigenvalue weighted by molar-refractivity contribution is 5.10. The molecule has 82 valence electrons. The summed E-state index contributed by atoms with van der Waals surface area (Å²) in [5.41, 5.74) is 1.28. The first-order valence-electron chi connectivity index (χ1n) is 6.09. The fraction of sp³-hybridized carbons (Fsp3) is 0.750. The molecule has 3 heteroatoms. The Labute approximate surface area is 90.7 Å². The van der Waals surface area contributed by atoms with Crippen molar-refractivity contribution in [1.29, 1.82) is 0 Å². The summed E-state index contributed by atoms with van der Waals surface area (Å²) in [5.74, 6) is 1.93. The smallest absolute Gasteiger partial charge is 0.0534 e. The molecule has 0 amide bonds. The van der Waals surface area contributed by atoms with E-state index >= 15 is 0 Å². The number of aromatic nitrogens is 2. The van der Waals surface area contributed by atoms with Crippen LogP contribution in [0.1, 0.15) is 44.2 Å². The van der Waals surface area contributed by atoms with Crippen LogP contribution in [0.5, 0.6) is 0 Å². The van der Waals surface area contributed by atoms with Crippen LogP contribution in [-0.4, -0.2) is 16.2 Å². The van der Waals surface area contributed by atoms with Crippen molar-refractivity contribution in [2.45, 2.75) is 44.7 Å². The second kappa shape index (κ2) is 3.63. The normalized spacial score (nSPS) is 23.3. The van der Waals surface area contributed by atoms with Crippen molar-refractivity contribution in [3.63, 3.8) is 0 Å². The Bertz CT molecular complexity index is 300. The van der Waals surface area contributed by atoms with Gasteiger partial charge in [-0.1, -0.05) is 0 Å². The number of rotatable bonds is 5. The molecular formula is C12H19N3. The maximum absolute atomic E-state index is 4.01. The molecule has 2 N–H and O–H groups in total. The first kappa shape index (κ1) is 9.40. The SMILES string of the molecule is CC(NC(C1CC1)C1CC1)c1cn[nH]c1. The summed E-state index contributed by atoms with van der Waals surface area (Å²) in [7, 11) is 0. The van der Waals surface area contributed by atoms with Crippen LogP contribution in [0.2, 0.25) is 0 Å². The van der Waals surface area contributed by atoms with Crippen LogP contribution >= 0.6 is 0 Å². The second-order valence-electron chi connectivity index (χ2n) is 5.12. The van der Waals surface area contributed by atoms with Gasteiger partial charge in [-0.3, -0.25) is 5.10 Å². The first-order valence-corrected chi connectivity index (χ1v) is 6.09. The van der Waals surface area contributed by atoms with Crippen molar-refractivity contribution in [3.05, 3.63) is 18.0 Å². The average Bonchev–Trinajstić information content (AvgIpc) is 3.15. The molecule has 3 rings (SSSR count). The number of nitrogens with one attached hydrogen (secondary N) is 2. The summed E-state index contributed by atoms with van der Waals surface area (Å²) in [6, 6.07) is 1.21. The van der Waals surface area contributed by atoms with Crippen molar-refractivity contribution < 1.29 is 0 Å². The molecule has 1 aromatic heterocycles. The van der Waals surface area contributed by atoms with E-state index in [1.807, 2.05) is 12.4 Å². The Kier molecular flexibility index (Phi) is 2.28. The van der Waals surface area contributed by atoms with Gasteiger partial charge in [0.15, 0.2) is 0 Å². The molecule has 1 atom stereocenters. The molecule has 2 aliphatic rings. The fourth-order valence-corrected chi connectivity index (χ4v) is 2.45. The molecule has 3 nitrogen and oxygen atoms in total. The summed E-state index contributed by atoms with van der Waals surface area (Å²) in [6.07, 6.45) is 9.67. The van der Waals surface area contributed by atoms with E-state index in [-0.39, 0.29) is 0 Å². The molecule has 1 heterocycles. The Morgan fingerprint density at radius 3 is 2.47 bits per heavy atom. The van der Waals surface area contributed by atoms with E-state index in [4.69, 9.17) is 0 Å². The van der Waals surface area contributed by atoms with Crippen LogP contribution in [-0.2, 0) is 0 Å². The van der Waals surface area contributed by atoms with E-state index in [0.29, 0.717) is 6.04 Å². The van der Waals surface area contributed by atoms with Gasteiger partial charge in [-0.2, -0.15) is 5.10 Å². The Morgan fingerprint density at radius 1 is 1.33 bits per heavy atom. The maximum atomic E-state index is 4.01. The minimum atomic E-state index is 0.440. The number of H-pyrrole nitrogens is 1. The zero-order valence-corrected chi connectivity index (χ0v) is 9.24. The lowest BCUT2D eigenvalue weighted by atomic mass is 10.0. The number of hydrogen-bond acceptors (Lipinski definition) is 2. The Balaban J connectivity index is 1.62. The predicted octanol–water partition coefficient (Wildman–Crippen LogP) is 2.25. The van der Waals surface area contributed by atoms with E-state index in [0.717, 1.165) is 17.9 Å². The third-order valence-corrected chi connectivity index (χ3v) is 3.72. The van der Waals surface area contributed by atoms with Crippen LogP contribution < -0.4 is 5.32 Å². The van der Waals surface area contributed by atoms with Gasteiger partial charge in [-0.05, 0) is 44.4 Å². The maximum Gasteiger partial charge on any atom is 0.0534 e. The van der Waals surface area contributed by atoms with E-state index in [1.54, 1.807) is 0 Å². The molecule has 0 bridgehead atoms. The molecular weight excluding hydrogens is 186 g/mol. The topological polar surface area (TPSA) is 40.7 Å². The third kappa shape index (κ3) is 2.07. The molecule has 2 saturated carbocycles. The van der Waals surface area contributed by atoms with Crippen LogP contribution in [0.3, 0.4) is 0 Å². The summed E-state index contributed by atoms with van der Waals surface area (Å²) in [4.78, 5) is 0. The summed E-state index contributed by atoms with van der Waals surface area (Å²) in [6.45, 7) is 2.24. The molecule has 0 spiro atoms. The number of aromatic amines is 1. The standard InChI is InChI=1S/C12H19N3/c1-8(11-6-13-14-7-11)15-12(9-2-3-9)10-4-5-10/h6-10,12,15H,2-5H2,1H3,(H,13,14). The fourth-order valence-electron chi connectivity index (χ4n) is 2.45. The van der Waals surface area contributed by atoms with Crippen molar-refractivity contribution in [2.24, 2.45) is 11.8 Å². The summed E-state index contributed by atoms with van der Waals surface area (Å²) in [5, 5.41) is 10.7. The van der Waals surface area contributed by atoms with Crippen LogP contribution in [0, 0.1) is 11.8 Å². The molecule has 0 aromatic carbocycles. The van der Waals surface area contributed by atoms with Gasteiger partial charge in [0.2, 0.25) is 0 Å². The molecule has 0 saturated heterocycles. The van der Waals surface area contributed by atoms with E-state index in [1.165, 1.54) is 31.2 Å². The minimum Gasteiger partial charge on any atom is -0.307 e. The monoisotopic (exact) mass is 205 g/mol. The van der Waals surface area contributed by atoms with Gasteiger partial charge in [0, 0.05) is 23.8 Å². The highest BCUT2D eigenvalue weighted by atomic mass is 15.1. The van der Waals surface area contributed by atoms with Crippen molar-refractivity contribution in [3.8, 4) is 0 Å². The molecule has 0 aliphatic heterocycles. The summed E-state index contributed by atoms with van der Waals surface area (Å²) >= 11 is 0. The molecule has 15 heavy (non-hydrogen) atoms. The van der Waals surface area contributed by atoms with E-state index < -0.39 is 0 Å². The van der Waals surface area contributed by atoms with Gasteiger partial charge < -0.3 is 5.32 Å². The Morgan fingerprint density at radius 2 is 2.00 bits per heavy atom. The second-order valence-corrected chi connectivity index (χ2v) is 5.12. The highest BCUT2D eigenvalue weighted by Crippen LogP contribution is 2.45. The summed E-state index contributed by atoms with van der Waals surface area (Å²) < 4.78 is 0. The van der Waals surface area contributed by atoms with Gasteiger partial charge in [0.05, 0.1) is 6.20 Å². The van der Waals surface area contributed by atoms with Crippen LogP contribution in [0.15, 0.2) is 12.4 Å².